The Kier molecular flexibility index (Phi) is 6.25. The van der Waals surface area contributed by atoms with Gasteiger partial charge in [0.2, 0.25) is 0 Å². The average Bonchev–Trinajstić information content (AvgIpc) is 2.18. The van der Waals surface area contributed by atoms with Crippen LogP contribution in [0.1, 0.15) is 20.8 Å². The summed E-state index contributed by atoms with van der Waals surface area (Å²) in [4.78, 5) is 10.4. The fraction of sp³-hybridized carbons (Fsp3) is 0.875. The molecule has 0 unspecified atom stereocenters. The van der Waals surface area contributed by atoms with Crippen molar-refractivity contribution in [2.75, 3.05) is 19.8 Å². The molecule has 0 saturated heterocycles. The van der Waals surface area contributed by atoms with E-state index in [4.69, 9.17) is 13.6 Å². The summed E-state index contributed by atoms with van der Waals surface area (Å²) >= 11 is 0. The number of rotatable bonds is 8. The first-order valence-electron chi connectivity index (χ1n) is 4.79. The van der Waals surface area contributed by atoms with E-state index in [1.807, 2.05) is 0 Å². The van der Waals surface area contributed by atoms with E-state index in [9.17, 15) is 18.7 Å². The molecule has 0 aliphatic heterocycles. The van der Waals surface area contributed by atoms with Gasteiger partial charge in [-0.1, -0.05) is 0 Å². The number of carboxylic acids is 1. The van der Waals surface area contributed by atoms with Crippen LogP contribution >= 0.6 is 7.94 Å². The molecular formula is C8H15F2O5P. The Labute approximate surface area is 93.3 Å². The summed E-state index contributed by atoms with van der Waals surface area (Å²) in [7, 11) is -4.25. The van der Waals surface area contributed by atoms with Gasteiger partial charge in [0.1, 0.15) is 0 Å². The number of aliphatic carboxylic acids is 1. The van der Waals surface area contributed by atoms with Crippen molar-refractivity contribution in [3.05, 3.63) is 0 Å². The highest BCUT2D eigenvalue weighted by Crippen LogP contribution is 2.72. The lowest BCUT2D eigenvalue weighted by Crippen LogP contribution is -2.44. The fourth-order valence-corrected chi connectivity index (χ4v) is 2.93. The number of hydrogen-bond donors (Lipinski definition) is 0. The Hall–Kier alpha value is -0.360. The fourth-order valence-electron chi connectivity index (χ4n) is 0.977. The number of hydrogen-bond acceptors (Lipinski definition) is 5. The topological polar surface area (TPSA) is 67.8 Å². The summed E-state index contributed by atoms with van der Waals surface area (Å²) < 4.78 is 41.1. The number of carbonyl (C=O) groups is 1. The second-order valence-corrected chi connectivity index (χ2v) is 4.91. The van der Waals surface area contributed by atoms with E-state index in [-0.39, 0.29) is 19.8 Å². The summed E-state index contributed by atoms with van der Waals surface area (Å²) in [6, 6.07) is 0. The normalized spacial score (nSPS) is 12.8. The van der Waals surface area contributed by atoms with E-state index >= 15 is 0 Å². The lowest BCUT2D eigenvalue weighted by Gasteiger charge is -2.27. The quantitative estimate of drug-likeness (QED) is 0.613. The molecule has 0 N–H and O–H groups in total. The molecule has 0 heterocycles. The zero-order valence-electron chi connectivity index (χ0n) is 9.37. The van der Waals surface area contributed by atoms with Crippen molar-refractivity contribution in [2.24, 2.45) is 0 Å². The van der Waals surface area contributed by atoms with Gasteiger partial charge in [-0.2, -0.15) is 22.4 Å². The van der Waals surface area contributed by atoms with Gasteiger partial charge in [0, 0.05) is 0 Å². The summed E-state index contributed by atoms with van der Waals surface area (Å²) in [6.07, 6.45) is 0. The maximum absolute atomic E-state index is 13.4. The molecule has 0 rings (SSSR count). The van der Waals surface area contributed by atoms with Gasteiger partial charge in [-0.25, -0.2) is 0 Å². The lowest BCUT2D eigenvalue weighted by atomic mass is 10.7. The third kappa shape index (κ3) is 3.07. The van der Waals surface area contributed by atoms with Gasteiger partial charge in [0.25, 0.3) is 0 Å². The Morgan fingerprint density at radius 3 is 1.62 bits per heavy atom. The van der Waals surface area contributed by atoms with Crippen LogP contribution in [0.3, 0.4) is 0 Å². The average molecular weight is 260 g/mol. The standard InChI is InChI=1S/C8H15F2O5P/c1-4-13-16(14-5-2,15-6-3)8(9,10)7(11)12/h4-6H2,1-3H3. The van der Waals surface area contributed by atoms with Crippen molar-refractivity contribution < 1.29 is 32.3 Å². The smallest absolute Gasteiger partial charge is 0.494 e. The largest absolute Gasteiger partial charge is 0.541 e. The maximum Gasteiger partial charge on any atom is 0.494 e. The van der Waals surface area contributed by atoms with Crippen LogP contribution in [-0.4, -0.2) is 31.5 Å². The molecule has 0 aromatic carbocycles. The van der Waals surface area contributed by atoms with Gasteiger partial charge in [0.05, 0.1) is 19.8 Å². The van der Waals surface area contributed by atoms with Gasteiger partial charge in [-0.15, -0.1) is 0 Å². The van der Waals surface area contributed by atoms with Crippen LogP contribution in [0.4, 0.5) is 8.78 Å². The molecule has 0 amide bonds. The first-order chi connectivity index (χ1) is 7.38. The lowest BCUT2D eigenvalue weighted by molar-refractivity contribution is -0.323. The summed E-state index contributed by atoms with van der Waals surface area (Å²) in [5.74, 6) is -2.56. The number of carboxylic acid groups (broad SMARTS) is 1. The third-order valence-electron chi connectivity index (χ3n) is 1.49. The van der Waals surface area contributed by atoms with Crippen LogP contribution < -0.4 is 5.11 Å². The monoisotopic (exact) mass is 260 g/mol. The van der Waals surface area contributed by atoms with Gasteiger partial charge < -0.3 is 9.90 Å². The highest BCUT2D eigenvalue weighted by Gasteiger charge is 2.70. The Bertz CT molecular complexity index is 219. The zero-order chi connectivity index (χ0) is 12.8. The van der Waals surface area contributed by atoms with Gasteiger partial charge in [0.15, 0.2) is 5.97 Å². The molecule has 0 aliphatic rings. The van der Waals surface area contributed by atoms with Crippen molar-refractivity contribution in [1.82, 2.24) is 0 Å². The highest BCUT2D eigenvalue weighted by atomic mass is 31.2. The minimum atomic E-state index is -4.28. The predicted octanol–water partition coefficient (Wildman–Crippen LogP) is 1.20. The molecule has 16 heavy (non-hydrogen) atoms. The molecule has 0 aliphatic carbocycles. The van der Waals surface area contributed by atoms with E-state index in [0.717, 1.165) is 0 Å². The van der Waals surface area contributed by atoms with Gasteiger partial charge in [-0.05, 0) is 20.8 Å². The molecule has 96 valence electrons. The molecular weight excluding hydrogens is 245 g/mol. The van der Waals surface area contributed by atoms with Crippen LogP contribution in [0, 0.1) is 0 Å². The number of carbonyl (C=O) groups excluding carboxylic acids is 1. The summed E-state index contributed by atoms with van der Waals surface area (Å²) in [5.41, 5.74) is -4.28. The van der Waals surface area contributed by atoms with E-state index in [1.54, 1.807) is 0 Å². The second-order valence-electron chi connectivity index (χ2n) is 2.58. The third-order valence-corrected chi connectivity index (χ3v) is 4.15. The Balaban J connectivity index is 5.20. The van der Waals surface area contributed by atoms with Crippen molar-refractivity contribution in [3.8, 4) is 0 Å². The molecule has 0 spiro atoms. The molecule has 0 bridgehead atoms. The van der Waals surface area contributed by atoms with Crippen LogP contribution in [-0.2, 0) is 18.4 Å². The van der Waals surface area contributed by atoms with Crippen LogP contribution in [0.25, 0.3) is 0 Å². The summed E-state index contributed by atoms with van der Waals surface area (Å²) in [5, 5.41) is 10.4. The minimum absolute atomic E-state index is 0.142. The molecule has 0 atom stereocenters. The van der Waals surface area contributed by atoms with Crippen molar-refractivity contribution in [3.63, 3.8) is 0 Å². The highest BCUT2D eigenvalue weighted by molar-refractivity contribution is 7.63. The van der Waals surface area contributed by atoms with Gasteiger partial charge >= 0.3 is 13.6 Å². The van der Waals surface area contributed by atoms with Crippen LogP contribution in [0.15, 0.2) is 0 Å². The first kappa shape index (κ1) is 15.6. The second kappa shape index (κ2) is 6.39. The van der Waals surface area contributed by atoms with Crippen molar-refractivity contribution in [1.29, 1.82) is 0 Å². The predicted molar refractivity (Wildman–Crippen MR) is 51.8 cm³/mol. The van der Waals surface area contributed by atoms with E-state index in [2.05, 4.69) is 0 Å². The van der Waals surface area contributed by atoms with E-state index < -0.39 is 19.6 Å². The molecule has 8 heteroatoms. The molecule has 0 aromatic rings. The Morgan fingerprint density at radius 1 is 1.12 bits per heavy atom. The SMILES string of the molecule is CCO[P+](OCC)(OCC)C(F)(F)C(=O)[O-]. The van der Waals surface area contributed by atoms with Crippen LogP contribution in [0.5, 0.6) is 0 Å². The van der Waals surface area contributed by atoms with Crippen LogP contribution in [0.2, 0.25) is 0 Å². The molecule has 0 fully saturated rings. The number of halogens is 2. The molecule has 0 aromatic heterocycles. The number of alkyl halides is 2. The molecule has 0 saturated carbocycles. The molecule has 5 nitrogen and oxygen atoms in total. The zero-order valence-corrected chi connectivity index (χ0v) is 10.3. The first-order valence-corrected chi connectivity index (χ1v) is 6.34. The minimum Gasteiger partial charge on any atom is -0.541 e. The summed E-state index contributed by atoms with van der Waals surface area (Å²) in [6.45, 7) is 3.90. The Morgan fingerprint density at radius 2 is 1.44 bits per heavy atom. The van der Waals surface area contributed by atoms with E-state index in [1.165, 1.54) is 20.8 Å². The maximum atomic E-state index is 13.4. The van der Waals surface area contributed by atoms with Crippen molar-refractivity contribution in [2.45, 2.75) is 26.4 Å². The van der Waals surface area contributed by atoms with E-state index in [0.29, 0.717) is 0 Å². The molecule has 0 radical (unpaired) electrons. The van der Waals surface area contributed by atoms with Gasteiger partial charge in [-0.3, -0.25) is 0 Å². The van der Waals surface area contributed by atoms with Crippen molar-refractivity contribution >= 4 is 13.9 Å².